The number of ether oxygens (including phenoxy) is 2. The van der Waals surface area contributed by atoms with Crippen LogP contribution in [0.3, 0.4) is 0 Å². The summed E-state index contributed by atoms with van der Waals surface area (Å²) in [7, 11) is 3.49. The third kappa shape index (κ3) is 4.03. The fourth-order valence-corrected chi connectivity index (χ4v) is 2.01. The normalized spacial score (nSPS) is 10.9. The molecule has 1 N–H and O–H groups in total. The third-order valence-electron chi connectivity index (χ3n) is 3.10. The number of rotatable bonds is 7. The van der Waals surface area contributed by atoms with Gasteiger partial charge < -0.3 is 14.8 Å². The zero-order valence-corrected chi connectivity index (χ0v) is 12.5. The summed E-state index contributed by atoms with van der Waals surface area (Å²) in [6.07, 6.45) is 0. The highest BCUT2D eigenvalue weighted by Crippen LogP contribution is 2.27. The standard InChI is InChI=1S/C15H20FN3O2/c1-11-14(10-17-8-9-20-3)15(19(2)18-11)21-13-6-4-12(16)5-7-13/h4-7,17H,8-10H2,1-3H3. The molecular formula is C15H20FN3O2. The SMILES string of the molecule is COCCNCc1c(C)nn(C)c1Oc1ccc(F)cc1. The molecule has 1 heterocycles. The van der Waals surface area contributed by atoms with Gasteiger partial charge in [-0.3, -0.25) is 0 Å². The Morgan fingerprint density at radius 1 is 1.29 bits per heavy atom. The summed E-state index contributed by atoms with van der Waals surface area (Å²) in [5.41, 5.74) is 1.89. The van der Waals surface area contributed by atoms with Crippen molar-refractivity contribution in [2.24, 2.45) is 7.05 Å². The quantitative estimate of drug-likeness (QED) is 0.796. The number of aryl methyl sites for hydroxylation is 2. The predicted molar refractivity (Wildman–Crippen MR) is 78.0 cm³/mol. The van der Waals surface area contributed by atoms with Crippen molar-refractivity contribution in [1.29, 1.82) is 0 Å². The average Bonchev–Trinajstić information content (AvgIpc) is 2.72. The van der Waals surface area contributed by atoms with Crippen LogP contribution in [0.2, 0.25) is 0 Å². The van der Waals surface area contributed by atoms with Crippen LogP contribution >= 0.6 is 0 Å². The maximum Gasteiger partial charge on any atom is 0.222 e. The van der Waals surface area contributed by atoms with Gasteiger partial charge in [0.15, 0.2) is 0 Å². The van der Waals surface area contributed by atoms with Crippen molar-refractivity contribution in [2.45, 2.75) is 13.5 Å². The highest BCUT2D eigenvalue weighted by atomic mass is 19.1. The first-order valence-electron chi connectivity index (χ1n) is 6.77. The Labute approximate surface area is 123 Å². The van der Waals surface area contributed by atoms with Crippen molar-refractivity contribution in [1.82, 2.24) is 15.1 Å². The molecule has 0 aliphatic carbocycles. The van der Waals surface area contributed by atoms with E-state index in [1.165, 1.54) is 12.1 Å². The number of hydrogen-bond donors (Lipinski definition) is 1. The predicted octanol–water partition coefficient (Wildman–Crippen LogP) is 2.40. The Morgan fingerprint density at radius 2 is 2.00 bits per heavy atom. The molecule has 0 aliphatic rings. The molecule has 0 spiro atoms. The van der Waals surface area contributed by atoms with Gasteiger partial charge in [-0.05, 0) is 31.2 Å². The van der Waals surface area contributed by atoms with Gasteiger partial charge in [-0.15, -0.1) is 0 Å². The van der Waals surface area contributed by atoms with Crippen molar-refractivity contribution in [3.63, 3.8) is 0 Å². The molecule has 2 aromatic rings. The zero-order chi connectivity index (χ0) is 15.2. The molecule has 6 heteroatoms. The molecule has 1 aromatic heterocycles. The number of benzene rings is 1. The van der Waals surface area contributed by atoms with Gasteiger partial charge in [-0.25, -0.2) is 9.07 Å². The number of methoxy groups -OCH3 is 1. The second kappa shape index (κ2) is 7.19. The number of halogens is 1. The lowest BCUT2D eigenvalue weighted by Crippen LogP contribution is -2.19. The Kier molecular flexibility index (Phi) is 5.30. The lowest BCUT2D eigenvalue weighted by atomic mass is 10.2. The molecule has 0 amide bonds. The lowest BCUT2D eigenvalue weighted by molar-refractivity contribution is 0.199. The van der Waals surface area contributed by atoms with E-state index in [9.17, 15) is 4.39 Å². The highest BCUT2D eigenvalue weighted by molar-refractivity contribution is 5.35. The van der Waals surface area contributed by atoms with Crippen molar-refractivity contribution in [2.75, 3.05) is 20.3 Å². The molecule has 5 nitrogen and oxygen atoms in total. The fourth-order valence-electron chi connectivity index (χ4n) is 2.01. The first-order chi connectivity index (χ1) is 10.1. The lowest BCUT2D eigenvalue weighted by Gasteiger charge is -2.09. The van der Waals surface area contributed by atoms with Crippen LogP contribution in [-0.4, -0.2) is 30.0 Å². The molecule has 0 aliphatic heterocycles. The number of hydrogen-bond acceptors (Lipinski definition) is 4. The van der Waals surface area contributed by atoms with E-state index in [0.29, 0.717) is 24.8 Å². The van der Waals surface area contributed by atoms with Gasteiger partial charge in [0.05, 0.1) is 17.9 Å². The monoisotopic (exact) mass is 293 g/mol. The van der Waals surface area contributed by atoms with Gasteiger partial charge in [0.25, 0.3) is 0 Å². The van der Waals surface area contributed by atoms with Gasteiger partial charge in [-0.1, -0.05) is 0 Å². The molecule has 0 saturated carbocycles. The first-order valence-corrected chi connectivity index (χ1v) is 6.77. The van der Waals surface area contributed by atoms with Crippen molar-refractivity contribution in [3.05, 3.63) is 41.3 Å². The Hall–Kier alpha value is -1.92. The molecule has 0 unspecified atom stereocenters. The molecule has 0 atom stereocenters. The van der Waals surface area contributed by atoms with E-state index < -0.39 is 0 Å². The minimum atomic E-state index is -0.287. The zero-order valence-electron chi connectivity index (χ0n) is 12.5. The second-order valence-corrected chi connectivity index (χ2v) is 4.72. The summed E-state index contributed by atoms with van der Waals surface area (Å²) in [5, 5.41) is 7.64. The molecule has 0 saturated heterocycles. The first kappa shape index (κ1) is 15.5. The van der Waals surface area contributed by atoms with E-state index in [1.807, 2.05) is 14.0 Å². The maximum atomic E-state index is 12.9. The Bertz CT molecular complexity index is 581. The maximum absolute atomic E-state index is 12.9. The van der Waals surface area contributed by atoms with Crippen LogP contribution < -0.4 is 10.1 Å². The van der Waals surface area contributed by atoms with Crippen molar-refractivity contribution < 1.29 is 13.9 Å². The molecular weight excluding hydrogens is 273 g/mol. The summed E-state index contributed by atoms with van der Waals surface area (Å²) in [4.78, 5) is 0. The summed E-state index contributed by atoms with van der Waals surface area (Å²) < 4.78 is 25.5. The van der Waals surface area contributed by atoms with Gasteiger partial charge >= 0.3 is 0 Å². The van der Waals surface area contributed by atoms with Gasteiger partial charge in [0.2, 0.25) is 5.88 Å². The summed E-state index contributed by atoms with van der Waals surface area (Å²) in [6.45, 7) is 3.97. The molecule has 1 aromatic carbocycles. The van der Waals surface area contributed by atoms with Crippen LogP contribution in [0.25, 0.3) is 0 Å². The minimum absolute atomic E-state index is 0.287. The van der Waals surface area contributed by atoms with E-state index in [0.717, 1.165) is 17.8 Å². The molecule has 0 radical (unpaired) electrons. The molecule has 114 valence electrons. The van der Waals surface area contributed by atoms with E-state index >= 15 is 0 Å². The van der Waals surface area contributed by atoms with E-state index in [1.54, 1.807) is 23.9 Å². The topological polar surface area (TPSA) is 48.3 Å². The number of nitrogens with zero attached hydrogens (tertiary/aromatic N) is 2. The van der Waals surface area contributed by atoms with E-state index in [4.69, 9.17) is 9.47 Å². The summed E-state index contributed by atoms with van der Waals surface area (Å²) in [6, 6.07) is 5.93. The summed E-state index contributed by atoms with van der Waals surface area (Å²) >= 11 is 0. The Balaban J connectivity index is 2.12. The molecule has 21 heavy (non-hydrogen) atoms. The minimum Gasteiger partial charge on any atom is -0.439 e. The molecule has 2 rings (SSSR count). The molecule has 0 fully saturated rings. The van der Waals surface area contributed by atoms with Crippen LogP contribution in [0.15, 0.2) is 24.3 Å². The van der Waals surface area contributed by atoms with Crippen molar-refractivity contribution >= 4 is 0 Å². The van der Waals surface area contributed by atoms with E-state index in [2.05, 4.69) is 10.4 Å². The van der Waals surface area contributed by atoms with E-state index in [-0.39, 0.29) is 5.82 Å². The molecule has 0 bridgehead atoms. The van der Waals surface area contributed by atoms with Crippen LogP contribution in [0.5, 0.6) is 11.6 Å². The smallest absolute Gasteiger partial charge is 0.222 e. The van der Waals surface area contributed by atoms with Crippen LogP contribution in [0.1, 0.15) is 11.3 Å². The second-order valence-electron chi connectivity index (χ2n) is 4.72. The number of aromatic nitrogens is 2. The summed E-state index contributed by atoms with van der Waals surface area (Å²) in [5.74, 6) is 0.951. The van der Waals surface area contributed by atoms with Crippen LogP contribution in [-0.2, 0) is 18.3 Å². The van der Waals surface area contributed by atoms with Gasteiger partial charge in [0.1, 0.15) is 11.6 Å². The van der Waals surface area contributed by atoms with Crippen LogP contribution in [0, 0.1) is 12.7 Å². The van der Waals surface area contributed by atoms with Crippen LogP contribution in [0.4, 0.5) is 4.39 Å². The largest absolute Gasteiger partial charge is 0.439 e. The number of nitrogens with one attached hydrogen (secondary N) is 1. The van der Waals surface area contributed by atoms with Crippen molar-refractivity contribution in [3.8, 4) is 11.6 Å². The van der Waals surface area contributed by atoms with Gasteiger partial charge in [0, 0.05) is 27.2 Å². The Morgan fingerprint density at radius 3 is 2.67 bits per heavy atom. The third-order valence-corrected chi connectivity index (χ3v) is 3.10. The fraction of sp³-hybridized carbons (Fsp3) is 0.400. The highest BCUT2D eigenvalue weighted by Gasteiger charge is 2.15. The van der Waals surface area contributed by atoms with Gasteiger partial charge in [-0.2, -0.15) is 5.10 Å². The average molecular weight is 293 g/mol.